The Bertz CT molecular complexity index is 1430. The number of hydrogen-bond donors (Lipinski definition) is 2. The number of benzene rings is 2. The molecule has 0 atom stereocenters. The summed E-state index contributed by atoms with van der Waals surface area (Å²) < 4.78 is 42.5. The number of amides is 1. The van der Waals surface area contributed by atoms with Gasteiger partial charge in [0.05, 0.1) is 11.1 Å². The highest BCUT2D eigenvalue weighted by Crippen LogP contribution is 2.33. The van der Waals surface area contributed by atoms with Gasteiger partial charge in [-0.1, -0.05) is 30.4 Å². The van der Waals surface area contributed by atoms with E-state index in [9.17, 15) is 22.7 Å². The maximum atomic E-state index is 14.0. The SMILES string of the molecule is C/C=C\C(=C(/C)F)C1(O)CCN(C(=O)c2ccc(NS(=O)(=O)c3cccc4cccnc34)cc2)CC1. The van der Waals surface area contributed by atoms with E-state index in [0.717, 1.165) is 0 Å². The van der Waals surface area contributed by atoms with E-state index < -0.39 is 21.5 Å². The Morgan fingerprint density at radius 3 is 2.42 bits per heavy atom. The number of aromatic nitrogens is 1. The van der Waals surface area contributed by atoms with Crippen LogP contribution in [0.25, 0.3) is 10.9 Å². The fourth-order valence-corrected chi connectivity index (χ4v) is 5.71. The van der Waals surface area contributed by atoms with Gasteiger partial charge in [-0.25, -0.2) is 12.8 Å². The molecule has 7 nitrogen and oxygen atoms in total. The summed E-state index contributed by atoms with van der Waals surface area (Å²) in [5.74, 6) is -0.675. The maximum absolute atomic E-state index is 14.0. The minimum atomic E-state index is -3.90. The van der Waals surface area contributed by atoms with E-state index in [1.165, 1.54) is 25.1 Å². The minimum absolute atomic E-state index is 0.0661. The van der Waals surface area contributed by atoms with Gasteiger partial charge in [0.15, 0.2) is 0 Å². The van der Waals surface area contributed by atoms with Crippen LogP contribution in [0, 0.1) is 0 Å². The molecule has 0 aliphatic carbocycles. The van der Waals surface area contributed by atoms with Crippen molar-refractivity contribution in [1.29, 1.82) is 0 Å². The number of nitrogens with one attached hydrogen (secondary N) is 1. The summed E-state index contributed by atoms with van der Waals surface area (Å²) in [6.07, 6.45) is 5.23. The van der Waals surface area contributed by atoms with Crippen LogP contribution >= 0.6 is 0 Å². The lowest BCUT2D eigenvalue weighted by molar-refractivity contribution is 0.0116. The number of pyridine rings is 1. The number of aliphatic hydroxyl groups is 1. The van der Waals surface area contributed by atoms with E-state index in [-0.39, 0.29) is 42.3 Å². The second kappa shape index (κ2) is 10.2. The molecule has 4 rings (SSSR count). The van der Waals surface area contributed by atoms with Crippen LogP contribution in [0.15, 0.2) is 89.2 Å². The number of nitrogens with zero attached hydrogens (tertiary/aromatic N) is 2. The van der Waals surface area contributed by atoms with Gasteiger partial charge < -0.3 is 10.0 Å². The predicted molar refractivity (Wildman–Crippen MR) is 138 cm³/mol. The van der Waals surface area contributed by atoms with E-state index in [0.29, 0.717) is 22.2 Å². The molecule has 0 bridgehead atoms. The van der Waals surface area contributed by atoms with Crippen LogP contribution in [0.2, 0.25) is 0 Å². The topological polar surface area (TPSA) is 99.6 Å². The van der Waals surface area contributed by atoms with Gasteiger partial charge in [-0.15, -0.1) is 0 Å². The van der Waals surface area contributed by atoms with Gasteiger partial charge in [-0.05, 0) is 63.1 Å². The molecule has 9 heteroatoms. The number of para-hydroxylation sites is 1. The first-order valence-electron chi connectivity index (χ1n) is 11.6. The van der Waals surface area contributed by atoms with Crippen LogP contribution in [-0.4, -0.2) is 48.0 Å². The van der Waals surface area contributed by atoms with Gasteiger partial charge in [-0.2, -0.15) is 0 Å². The van der Waals surface area contributed by atoms with Crippen molar-refractivity contribution < 1.29 is 22.7 Å². The summed E-state index contributed by atoms with van der Waals surface area (Å²) in [5, 5.41) is 11.7. The number of rotatable bonds is 6. The number of allylic oxidation sites excluding steroid dienone is 2. The molecule has 1 aromatic heterocycles. The smallest absolute Gasteiger partial charge is 0.264 e. The second-order valence-electron chi connectivity index (χ2n) is 8.79. The van der Waals surface area contributed by atoms with E-state index in [2.05, 4.69) is 9.71 Å². The Kier molecular flexibility index (Phi) is 7.23. The van der Waals surface area contributed by atoms with Crippen molar-refractivity contribution in [2.75, 3.05) is 17.8 Å². The van der Waals surface area contributed by atoms with Crippen molar-refractivity contribution in [2.45, 2.75) is 37.2 Å². The minimum Gasteiger partial charge on any atom is -0.385 e. The summed E-state index contributed by atoms with van der Waals surface area (Å²) in [7, 11) is -3.90. The van der Waals surface area contributed by atoms with Crippen LogP contribution in [0.4, 0.5) is 10.1 Å². The first-order chi connectivity index (χ1) is 17.1. The number of likely N-dealkylation sites (tertiary alicyclic amines) is 1. The normalized spacial score (nSPS) is 16.7. The summed E-state index contributed by atoms with van der Waals surface area (Å²) in [4.78, 5) is 18.9. The van der Waals surface area contributed by atoms with Gasteiger partial charge in [0.25, 0.3) is 15.9 Å². The number of fused-ring (bicyclic) bond motifs is 1. The quantitative estimate of drug-likeness (QED) is 0.464. The first kappa shape index (κ1) is 25.5. The number of halogens is 1. The Morgan fingerprint density at radius 2 is 1.78 bits per heavy atom. The van der Waals surface area contributed by atoms with Crippen molar-refractivity contribution in [3.05, 3.63) is 89.9 Å². The third kappa shape index (κ3) is 5.17. The molecular formula is C27H28FN3O4S. The molecule has 1 fully saturated rings. The predicted octanol–water partition coefficient (Wildman–Crippen LogP) is 4.82. The largest absolute Gasteiger partial charge is 0.385 e. The lowest BCUT2D eigenvalue weighted by Gasteiger charge is -2.39. The number of carbonyl (C=O) groups excluding carboxylic acids is 1. The molecule has 0 saturated carbocycles. The third-order valence-electron chi connectivity index (χ3n) is 6.35. The number of piperidine rings is 1. The number of sulfonamides is 1. The highest BCUT2D eigenvalue weighted by atomic mass is 32.2. The molecule has 188 valence electrons. The first-order valence-corrected chi connectivity index (χ1v) is 13.1. The fraction of sp³-hybridized carbons (Fsp3) is 0.259. The molecule has 36 heavy (non-hydrogen) atoms. The third-order valence-corrected chi connectivity index (χ3v) is 7.77. The van der Waals surface area contributed by atoms with E-state index in [1.54, 1.807) is 66.6 Å². The van der Waals surface area contributed by atoms with Gasteiger partial charge in [0.1, 0.15) is 10.7 Å². The van der Waals surface area contributed by atoms with Crippen LogP contribution in [0.3, 0.4) is 0 Å². The monoisotopic (exact) mass is 509 g/mol. The molecule has 0 spiro atoms. The molecule has 0 unspecified atom stereocenters. The van der Waals surface area contributed by atoms with Crippen molar-refractivity contribution >= 4 is 32.5 Å². The standard InChI is InChI=1S/C27H28FN3O4S/c1-3-6-23(19(2)28)27(33)14-17-31(18-15-27)26(32)21-10-12-22(13-11-21)30-36(34,35)24-9-4-7-20-8-5-16-29-25(20)24/h3-13,16,30,33H,14-15,17-18H2,1-2H3/b6-3-,23-19-. The van der Waals surface area contributed by atoms with Crippen molar-refractivity contribution in [1.82, 2.24) is 9.88 Å². The highest BCUT2D eigenvalue weighted by Gasteiger charge is 2.37. The zero-order valence-corrected chi connectivity index (χ0v) is 20.9. The number of hydrogen-bond acceptors (Lipinski definition) is 5. The average molecular weight is 510 g/mol. The van der Waals surface area contributed by atoms with E-state index in [4.69, 9.17) is 0 Å². The number of anilines is 1. The second-order valence-corrected chi connectivity index (χ2v) is 10.4. The Labute approximate surface area is 210 Å². The van der Waals surface area contributed by atoms with E-state index >= 15 is 0 Å². The van der Waals surface area contributed by atoms with Crippen LogP contribution in [0.5, 0.6) is 0 Å². The van der Waals surface area contributed by atoms with Gasteiger partial charge in [0.2, 0.25) is 0 Å². The molecular weight excluding hydrogens is 481 g/mol. The fourth-order valence-electron chi connectivity index (χ4n) is 4.47. The average Bonchev–Trinajstić information content (AvgIpc) is 2.87. The Morgan fingerprint density at radius 1 is 1.11 bits per heavy atom. The lowest BCUT2D eigenvalue weighted by atomic mass is 9.83. The van der Waals surface area contributed by atoms with Crippen LogP contribution in [0.1, 0.15) is 37.0 Å². The summed E-state index contributed by atoms with van der Waals surface area (Å²) >= 11 is 0. The molecule has 2 N–H and O–H groups in total. The molecule has 3 aromatic rings. The molecule has 1 aliphatic rings. The zero-order chi connectivity index (χ0) is 25.9. The highest BCUT2D eigenvalue weighted by molar-refractivity contribution is 7.93. The van der Waals surface area contributed by atoms with Crippen molar-refractivity contribution in [3.8, 4) is 0 Å². The Hall–Kier alpha value is -3.56. The molecule has 1 aliphatic heterocycles. The van der Waals surface area contributed by atoms with Crippen molar-refractivity contribution in [2.24, 2.45) is 0 Å². The maximum Gasteiger partial charge on any atom is 0.264 e. The van der Waals surface area contributed by atoms with Crippen LogP contribution < -0.4 is 4.72 Å². The van der Waals surface area contributed by atoms with E-state index in [1.807, 2.05) is 0 Å². The molecule has 1 saturated heterocycles. The zero-order valence-electron chi connectivity index (χ0n) is 20.1. The summed E-state index contributed by atoms with van der Waals surface area (Å²) in [6.45, 7) is 3.61. The number of carbonyl (C=O) groups is 1. The molecule has 2 aromatic carbocycles. The van der Waals surface area contributed by atoms with Gasteiger partial charge >= 0.3 is 0 Å². The Balaban J connectivity index is 1.46. The lowest BCUT2D eigenvalue weighted by Crippen LogP contribution is -2.47. The molecule has 1 amide bonds. The molecule has 0 radical (unpaired) electrons. The van der Waals surface area contributed by atoms with Gasteiger partial charge in [0, 0.05) is 41.5 Å². The van der Waals surface area contributed by atoms with Crippen LogP contribution in [-0.2, 0) is 10.0 Å². The van der Waals surface area contributed by atoms with Gasteiger partial charge in [-0.3, -0.25) is 14.5 Å². The molecule has 2 heterocycles. The van der Waals surface area contributed by atoms with Crippen molar-refractivity contribution in [3.63, 3.8) is 0 Å². The summed E-state index contributed by atoms with van der Waals surface area (Å²) in [5.41, 5.74) is 0.00353. The summed E-state index contributed by atoms with van der Waals surface area (Å²) in [6, 6.07) is 14.6.